The Balaban J connectivity index is 2.32. The molecule has 0 aliphatic carbocycles. The monoisotopic (exact) mass is 304 g/mol. The number of hydrogen-bond acceptors (Lipinski definition) is 4. The Morgan fingerprint density at radius 2 is 1.77 bits per heavy atom. The second-order valence-corrected chi connectivity index (χ2v) is 5.98. The van der Waals surface area contributed by atoms with E-state index in [9.17, 15) is 0 Å². The molecule has 2 rings (SSSR count). The molecule has 1 fully saturated rings. The van der Waals surface area contributed by atoms with Gasteiger partial charge in [0.2, 0.25) is 0 Å². The molecular weight excluding hydrogens is 276 g/mol. The molecule has 0 saturated carbocycles. The second-order valence-electron chi connectivity index (χ2n) is 5.98. The first-order valence-electron chi connectivity index (χ1n) is 8.18. The lowest BCUT2D eigenvalue weighted by molar-refractivity contribution is 0.108. The molecule has 0 radical (unpaired) electrons. The van der Waals surface area contributed by atoms with Crippen LogP contribution in [0.2, 0.25) is 0 Å². The van der Waals surface area contributed by atoms with Gasteiger partial charge in [-0.15, -0.1) is 0 Å². The third-order valence-electron chi connectivity index (χ3n) is 4.43. The van der Waals surface area contributed by atoms with E-state index in [0.717, 1.165) is 29.2 Å². The van der Waals surface area contributed by atoms with Gasteiger partial charge in [-0.1, -0.05) is 6.92 Å². The van der Waals surface area contributed by atoms with Crippen LogP contribution in [0.5, 0.6) is 11.5 Å². The van der Waals surface area contributed by atoms with Crippen molar-refractivity contribution in [3.63, 3.8) is 0 Å². The first kappa shape index (κ1) is 16.7. The largest absolute Gasteiger partial charge is 0.493 e. The van der Waals surface area contributed by atoms with Crippen LogP contribution in [0.1, 0.15) is 52.0 Å². The number of hydrazone groups is 1. The molecule has 4 nitrogen and oxygen atoms in total. The smallest absolute Gasteiger partial charge is 0.161 e. The average Bonchev–Trinajstić information content (AvgIpc) is 2.54. The van der Waals surface area contributed by atoms with Crippen LogP contribution in [0.25, 0.3) is 0 Å². The van der Waals surface area contributed by atoms with Crippen LogP contribution in [-0.2, 0) is 0 Å². The molecule has 4 heteroatoms. The number of benzene rings is 1. The molecule has 1 saturated heterocycles. The zero-order valence-electron chi connectivity index (χ0n) is 14.4. The van der Waals surface area contributed by atoms with Gasteiger partial charge in [0.1, 0.15) is 0 Å². The SMILES string of the molecule is CCC(=NN1C(C)CCCC1C)c1ccc(OC)c(OC)c1. The molecule has 1 aromatic carbocycles. The summed E-state index contributed by atoms with van der Waals surface area (Å²) in [4.78, 5) is 0. The van der Waals surface area contributed by atoms with Crippen molar-refractivity contribution in [3.05, 3.63) is 23.8 Å². The van der Waals surface area contributed by atoms with E-state index in [4.69, 9.17) is 14.6 Å². The molecule has 2 unspecified atom stereocenters. The van der Waals surface area contributed by atoms with Gasteiger partial charge in [0.25, 0.3) is 0 Å². The van der Waals surface area contributed by atoms with Crippen LogP contribution in [0, 0.1) is 0 Å². The fourth-order valence-electron chi connectivity index (χ4n) is 3.09. The second kappa shape index (κ2) is 7.52. The van der Waals surface area contributed by atoms with Gasteiger partial charge in [0.15, 0.2) is 11.5 Å². The lowest BCUT2D eigenvalue weighted by Gasteiger charge is -2.37. The molecule has 1 heterocycles. The molecule has 1 aliphatic rings. The maximum absolute atomic E-state index is 5.41. The predicted molar refractivity (Wildman–Crippen MR) is 91.0 cm³/mol. The zero-order chi connectivity index (χ0) is 16.1. The number of ether oxygens (including phenoxy) is 2. The highest BCUT2D eigenvalue weighted by atomic mass is 16.5. The highest BCUT2D eigenvalue weighted by Gasteiger charge is 2.24. The van der Waals surface area contributed by atoms with Crippen LogP contribution >= 0.6 is 0 Å². The van der Waals surface area contributed by atoms with Gasteiger partial charge in [-0.05, 0) is 57.7 Å². The molecule has 22 heavy (non-hydrogen) atoms. The molecule has 0 spiro atoms. The third-order valence-corrected chi connectivity index (χ3v) is 4.43. The van der Waals surface area contributed by atoms with Gasteiger partial charge in [0.05, 0.1) is 19.9 Å². The van der Waals surface area contributed by atoms with Crippen LogP contribution in [0.4, 0.5) is 0 Å². The first-order chi connectivity index (χ1) is 10.6. The minimum atomic E-state index is 0.505. The van der Waals surface area contributed by atoms with Gasteiger partial charge >= 0.3 is 0 Å². The van der Waals surface area contributed by atoms with Crippen LogP contribution in [-0.4, -0.2) is 37.0 Å². The summed E-state index contributed by atoms with van der Waals surface area (Å²) in [5.41, 5.74) is 2.20. The van der Waals surface area contributed by atoms with E-state index >= 15 is 0 Å². The summed E-state index contributed by atoms with van der Waals surface area (Å²) in [6.45, 7) is 6.68. The van der Waals surface area contributed by atoms with E-state index in [1.165, 1.54) is 19.3 Å². The van der Waals surface area contributed by atoms with Gasteiger partial charge in [0, 0.05) is 17.6 Å². The summed E-state index contributed by atoms with van der Waals surface area (Å²) in [5.74, 6) is 1.50. The molecule has 0 bridgehead atoms. The molecular formula is C18H28N2O2. The van der Waals surface area contributed by atoms with Crippen molar-refractivity contribution >= 4 is 5.71 Å². The van der Waals surface area contributed by atoms with Crippen molar-refractivity contribution in [1.82, 2.24) is 5.01 Å². The van der Waals surface area contributed by atoms with Crippen molar-refractivity contribution in [1.29, 1.82) is 0 Å². The molecule has 122 valence electrons. The highest BCUT2D eigenvalue weighted by molar-refractivity contribution is 6.00. The Kier molecular flexibility index (Phi) is 5.69. The van der Waals surface area contributed by atoms with Crippen LogP contribution in [0.3, 0.4) is 0 Å². The Labute approximate surface area is 134 Å². The average molecular weight is 304 g/mol. The highest BCUT2D eigenvalue weighted by Crippen LogP contribution is 2.29. The van der Waals surface area contributed by atoms with Gasteiger partial charge in [-0.2, -0.15) is 5.10 Å². The van der Waals surface area contributed by atoms with E-state index < -0.39 is 0 Å². The van der Waals surface area contributed by atoms with Gasteiger partial charge in [-0.3, -0.25) is 5.01 Å². The molecule has 0 aromatic heterocycles. The van der Waals surface area contributed by atoms with Gasteiger partial charge < -0.3 is 9.47 Å². The number of methoxy groups -OCH3 is 2. The first-order valence-corrected chi connectivity index (χ1v) is 8.18. The van der Waals surface area contributed by atoms with Crippen molar-refractivity contribution in [2.75, 3.05) is 14.2 Å². The standard InChI is InChI=1S/C18H28N2O2/c1-6-16(19-20-13(2)8-7-9-14(20)3)15-10-11-17(21-4)18(12-15)22-5/h10-14H,6-9H2,1-5H3. The summed E-state index contributed by atoms with van der Waals surface area (Å²) in [6, 6.07) is 7.03. The Morgan fingerprint density at radius 3 is 2.32 bits per heavy atom. The molecule has 0 N–H and O–H groups in total. The number of hydrogen-bond donors (Lipinski definition) is 0. The fourth-order valence-corrected chi connectivity index (χ4v) is 3.09. The Hall–Kier alpha value is -1.71. The van der Waals surface area contributed by atoms with E-state index in [0.29, 0.717) is 12.1 Å². The van der Waals surface area contributed by atoms with E-state index in [1.54, 1.807) is 14.2 Å². The summed E-state index contributed by atoms with van der Waals surface area (Å²) in [5, 5.41) is 7.25. The van der Waals surface area contributed by atoms with E-state index in [1.807, 2.05) is 12.1 Å². The maximum atomic E-state index is 5.41. The van der Waals surface area contributed by atoms with Crippen LogP contribution in [0.15, 0.2) is 23.3 Å². The molecule has 0 amide bonds. The quantitative estimate of drug-likeness (QED) is 0.769. The van der Waals surface area contributed by atoms with Crippen molar-refractivity contribution in [2.45, 2.75) is 58.5 Å². The Morgan fingerprint density at radius 1 is 1.14 bits per heavy atom. The van der Waals surface area contributed by atoms with Gasteiger partial charge in [-0.25, -0.2) is 0 Å². The topological polar surface area (TPSA) is 34.1 Å². The summed E-state index contributed by atoms with van der Waals surface area (Å²) < 4.78 is 10.7. The molecule has 1 aliphatic heterocycles. The molecule has 1 aromatic rings. The lowest BCUT2D eigenvalue weighted by atomic mass is 10.00. The van der Waals surface area contributed by atoms with Crippen molar-refractivity contribution in [2.24, 2.45) is 5.10 Å². The van der Waals surface area contributed by atoms with Crippen LogP contribution < -0.4 is 9.47 Å². The minimum absolute atomic E-state index is 0.505. The zero-order valence-corrected chi connectivity index (χ0v) is 14.4. The third kappa shape index (κ3) is 3.54. The van der Waals surface area contributed by atoms with E-state index in [-0.39, 0.29) is 0 Å². The van der Waals surface area contributed by atoms with E-state index in [2.05, 4.69) is 31.8 Å². The lowest BCUT2D eigenvalue weighted by Crippen LogP contribution is -2.40. The number of piperidine rings is 1. The maximum Gasteiger partial charge on any atom is 0.161 e. The van der Waals surface area contributed by atoms with Crippen molar-refractivity contribution in [3.8, 4) is 11.5 Å². The predicted octanol–water partition coefficient (Wildman–Crippen LogP) is 4.08. The summed E-state index contributed by atoms with van der Waals surface area (Å²) in [6.07, 6.45) is 4.63. The summed E-state index contributed by atoms with van der Waals surface area (Å²) in [7, 11) is 3.32. The minimum Gasteiger partial charge on any atom is -0.493 e. The normalized spacial score (nSPS) is 22.6. The Bertz CT molecular complexity index is 518. The number of nitrogens with zero attached hydrogens (tertiary/aromatic N) is 2. The fraction of sp³-hybridized carbons (Fsp3) is 0.611. The number of rotatable bonds is 5. The molecule has 2 atom stereocenters. The van der Waals surface area contributed by atoms with Crippen molar-refractivity contribution < 1.29 is 9.47 Å². The summed E-state index contributed by atoms with van der Waals surface area (Å²) >= 11 is 0.